The normalized spacial score (nSPS) is 12.4. The highest BCUT2D eigenvalue weighted by atomic mass is 16.6. The van der Waals surface area contributed by atoms with Crippen LogP contribution in [0.3, 0.4) is 0 Å². The van der Waals surface area contributed by atoms with Crippen molar-refractivity contribution in [3.05, 3.63) is 48.6 Å². The Kier molecular flexibility index (Phi) is 45.9. The second-order valence-electron chi connectivity index (χ2n) is 16.7. The van der Waals surface area contributed by atoms with Gasteiger partial charge in [0.15, 0.2) is 6.10 Å². The lowest BCUT2D eigenvalue weighted by Crippen LogP contribution is -2.30. The van der Waals surface area contributed by atoms with Gasteiger partial charge in [-0.3, -0.25) is 14.4 Å². The number of rotatable bonds is 45. The van der Waals surface area contributed by atoms with Gasteiger partial charge in [0.25, 0.3) is 0 Å². The van der Waals surface area contributed by atoms with Crippen LogP contribution in [-0.2, 0) is 28.6 Å². The van der Waals surface area contributed by atoms with E-state index in [1.165, 1.54) is 135 Å². The van der Waals surface area contributed by atoms with Crippen molar-refractivity contribution in [3.8, 4) is 0 Å². The lowest BCUT2D eigenvalue weighted by atomic mass is 10.0. The molecule has 0 aliphatic carbocycles. The van der Waals surface area contributed by atoms with E-state index in [9.17, 15) is 14.4 Å². The van der Waals surface area contributed by atoms with Crippen molar-refractivity contribution in [3.63, 3.8) is 0 Å². The molecule has 0 fully saturated rings. The van der Waals surface area contributed by atoms with Crippen LogP contribution in [0, 0.1) is 0 Å². The summed E-state index contributed by atoms with van der Waals surface area (Å²) < 4.78 is 16.7. The molecule has 0 bridgehead atoms. The van der Waals surface area contributed by atoms with E-state index in [4.69, 9.17) is 14.2 Å². The standard InChI is InChI=1S/C53H94O6/c1-4-7-10-13-16-19-22-24-25-26-27-28-29-32-34-37-40-43-46-52(55)58-49-50(48-57-51(54)45-42-39-36-33-30-21-18-15-12-9-6-3)59-53(56)47-44-41-38-35-31-23-20-17-14-11-8-5-2/h9,12,18,21,27-28,33,36,50H,4-8,10-11,13-17,19-20,22-26,29-32,34-35,37-49H2,1-3H3/b12-9-,21-18-,28-27-,36-33-. The summed E-state index contributed by atoms with van der Waals surface area (Å²) in [4.78, 5) is 37.8. The Hall–Kier alpha value is -2.63. The van der Waals surface area contributed by atoms with Gasteiger partial charge in [0.1, 0.15) is 13.2 Å². The van der Waals surface area contributed by atoms with Crippen molar-refractivity contribution in [2.24, 2.45) is 0 Å². The van der Waals surface area contributed by atoms with Gasteiger partial charge < -0.3 is 14.2 Å². The molecule has 0 aliphatic rings. The van der Waals surface area contributed by atoms with Crippen LogP contribution in [-0.4, -0.2) is 37.2 Å². The average Bonchev–Trinajstić information content (AvgIpc) is 3.23. The number of hydrogen-bond acceptors (Lipinski definition) is 6. The van der Waals surface area contributed by atoms with Crippen molar-refractivity contribution < 1.29 is 28.6 Å². The summed E-state index contributed by atoms with van der Waals surface area (Å²) in [6, 6.07) is 0. The highest BCUT2D eigenvalue weighted by Gasteiger charge is 2.19. The SMILES string of the molecule is CC/C=C\C/C=C\C/C=C\CCCC(=O)OCC(COC(=O)CCCCCCC/C=C\CCCCCCCCCCC)OC(=O)CCCCCCCCCCCCCC. The van der Waals surface area contributed by atoms with Gasteiger partial charge in [-0.1, -0.05) is 211 Å². The van der Waals surface area contributed by atoms with Gasteiger partial charge in [0, 0.05) is 19.3 Å². The monoisotopic (exact) mass is 827 g/mol. The van der Waals surface area contributed by atoms with Gasteiger partial charge in [-0.15, -0.1) is 0 Å². The van der Waals surface area contributed by atoms with Crippen molar-refractivity contribution in [1.82, 2.24) is 0 Å². The molecule has 0 N–H and O–H groups in total. The predicted molar refractivity (Wildman–Crippen MR) is 252 cm³/mol. The van der Waals surface area contributed by atoms with Gasteiger partial charge in [-0.2, -0.15) is 0 Å². The first-order valence-electron chi connectivity index (χ1n) is 25.1. The number of carbonyl (C=O) groups excluding carboxylic acids is 3. The summed E-state index contributed by atoms with van der Waals surface area (Å²) in [5.41, 5.74) is 0. The molecule has 0 aliphatic heterocycles. The van der Waals surface area contributed by atoms with Gasteiger partial charge in [0.2, 0.25) is 0 Å². The number of ether oxygens (including phenoxy) is 3. The number of allylic oxidation sites excluding steroid dienone is 8. The van der Waals surface area contributed by atoms with Crippen molar-refractivity contribution in [2.45, 2.75) is 258 Å². The summed E-state index contributed by atoms with van der Waals surface area (Å²) in [5.74, 6) is -0.950. The first kappa shape index (κ1) is 56.4. The minimum absolute atomic E-state index is 0.0911. The molecular weight excluding hydrogens is 733 g/mol. The third-order valence-corrected chi connectivity index (χ3v) is 10.8. The van der Waals surface area contributed by atoms with Gasteiger partial charge in [-0.05, 0) is 70.6 Å². The fourth-order valence-corrected chi connectivity index (χ4v) is 7.05. The molecule has 0 radical (unpaired) electrons. The first-order chi connectivity index (χ1) is 29.0. The topological polar surface area (TPSA) is 78.9 Å². The van der Waals surface area contributed by atoms with Crippen LogP contribution in [0.15, 0.2) is 48.6 Å². The average molecular weight is 827 g/mol. The van der Waals surface area contributed by atoms with E-state index < -0.39 is 6.10 Å². The first-order valence-corrected chi connectivity index (χ1v) is 25.1. The van der Waals surface area contributed by atoms with Crippen LogP contribution in [0.4, 0.5) is 0 Å². The smallest absolute Gasteiger partial charge is 0.306 e. The van der Waals surface area contributed by atoms with Crippen molar-refractivity contribution in [1.29, 1.82) is 0 Å². The number of esters is 3. The molecule has 1 atom stereocenters. The van der Waals surface area contributed by atoms with Crippen LogP contribution >= 0.6 is 0 Å². The Morgan fingerprint density at radius 1 is 0.356 bits per heavy atom. The van der Waals surface area contributed by atoms with Crippen molar-refractivity contribution >= 4 is 17.9 Å². The van der Waals surface area contributed by atoms with E-state index in [1.54, 1.807) is 0 Å². The fourth-order valence-electron chi connectivity index (χ4n) is 7.05. The molecule has 0 aromatic carbocycles. The Morgan fingerprint density at radius 2 is 0.678 bits per heavy atom. The molecule has 0 heterocycles. The van der Waals surface area contributed by atoms with Crippen LogP contribution in [0.2, 0.25) is 0 Å². The summed E-state index contributed by atoms with van der Waals surface area (Å²) in [6.07, 6.45) is 56.8. The molecule has 59 heavy (non-hydrogen) atoms. The molecule has 6 heteroatoms. The summed E-state index contributed by atoms with van der Waals surface area (Å²) in [6.45, 7) is 6.47. The molecule has 0 saturated heterocycles. The number of hydrogen-bond donors (Lipinski definition) is 0. The predicted octanol–water partition coefficient (Wildman–Crippen LogP) is 16.3. The van der Waals surface area contributed by atoms with E-state index in [0.29, 0.717) is 19.3 Å². The maximum Gasteiger partial charge on any atom is 0.306 e. The second kappa shape index (κ2) is 48.0. The zero-order chi connectivity index (χ0) is 43.0. The third kappa shape index (κ3) is 46.3. The van der Waals surface area contributed by atoms with E-state index in [2.05, 4.69) is 69.4 Å². The molecular formula is C53H94O6. The number of carbonyl (C=O) groups is 3. The van der Waals surface area contributed by atoms with E-state index >= 15 is 0 Å². The summed E-state index contributed by atoms with van der Waals surface area (Å²) >= 11 is 0. The van der Waals surface area contributed by atoms with Crippen LogP contribution in [0.25, 0.3) is 0 Å². The van der Waals surface area contributed by atoms with Crippen LogP contribution in [0.5, 0.6) is 0 Å². The molecule has 0 rings (SSSR count). The van der Waals surface area contributed by atoms with Crippen LogP contribution in [0.1, 0.15) is 252 Å². The Bertz CT molecular complexity index is 1040. The zero-order valence-corrected chi connectivity index (χ0v) is 39.0. The zero-order valence-electron chi connectivity index (χ0n) is 39.0. The molecule has 1 unspecified atom stereocenters. The number of unbranched alkanes of at least 4 members (excludes halogenated alkanes) is 26. The largest absolute Gasteiger partial charge is 0.462 e. The van der Waals surface area contributed by atoms with Gasteiger partial charge in [0.05, 0.1) is 0 Å². The molecule has 342 valence electrons. The maximum absolute atomic E-state index is 12.7. The minimum atomic E-state index is -0.792. The third-order valence-electron chi connectivity index (χ3n) is 10.8. The van der Waals surface area contributed by atoms with E-state index in [0.717, 1.165) is 70.6 Å². The summed E-state index contributed by atoms with van der Waals surface area (Å²) in [5, 5.41) is 0. The van der Waals surface area contributed by atoms with Gasteiger partial charge >= 0.3 is 17.9 Å². The molecule has 0 aromatic heterocycles. The van der Waals surface area contributed by atoms with E-state index in [-0.39, 0.29) is 37.5 Å². The minimum Gasteiger partial charge on any atom is -0.462 e. The lowest BCUT2D eigenvalue weighted by Gasteiger charge is -2.18. The Morgan fingerprint density at radius 3 is 1.12 bits per heavy atom. The summed E-state index contributed by atoms with van der Waals surface area (Å²) in [7, 11) is 0. The Labute approximate surface area is 365 Å². The molecule has 6 nitrogen and oxygen atoms in total. The fraction of sp³-hybridized carbons (Fsp3) is 0.792. The van der Waals surface area contributed by atoms with Crippen molar-refractivity contribution in [2.75, 3.05) is 13.2 Å². The quantitative estimate of drug-likeness (QED) is 0.0263. The van der Waals surface area contributed by atoms with Gasteiger partial charge in [-0.25, -0.2) is 0 Å². The lowest BCUT2D eigenvalue weighted by molar-refractivity contribution is -0.167. The maximum atomic E-state index is 12.7. The molecule has 0 aromatic rings. The molecule has 0 spiro atoms. The van der Waals surface area contributed by atoms with E-state index in [1.807, 2.05) is 0 Å². The molecule has 0 saturated carbocycles. The second-order valence-corrected chi connectivity index (χ2v) is 16.7. The Balaban J connectivity index is 4.36. The van der Waals surface area contributed by atoms with Crippen LogP contribution < -0.4 is 0 Å². The highest BCUT2D eigenvalue weighted by Crippen LogP contribution is 2.15. The molecule has 0 amide bonds. The highest BCUT2D eigenvalue weighted by molar-refractivity contribution is 5.71.